The molecule has 1 fully saturated rings. The van der Waals surface area contributed by atoms with Crippen molar-refractivity contribution in [3.05, 3.63) is 69.8 Å². The lowest BCUT2D eigenvalue weighted by Crippen LogP contribution is -2.34. The highest BCUT2D eigenvalue weighted by atomic mass is 14.8. The number of fused-ring (bicyclic) bond motifs is 1. The summed E-state index contributed by atoms with van der Waals surface area (Å²) < 4.78 is 0. The fourth-order valence-electron chi connectivity index (χ4n) is 5.40. The van der Waals surface area contributed by atoms with Crippen LogP contribution in [-0.2, 0) is 10.8 Å². The molecule has 1 N–H and O–H groups in total. The highest BCUT2D eigenvalue weighted by Crippen LogP contribution is 2.48. The summed E-state index contributed by atoms with van der Waals surface area (Å²) >= 11 is 0. The van der Waals surface area contributed by atoms with E-state index in [9.17, 15) is 0 Å². The Balaban J connectivity index is 1.93. The molecule has 0 atom stereocenters. The Hall–Kier alpha value is -2.02. The van der Waals surface area contributed by atoms with E-state index in [0.29, 0.717) is 0 Å². The van der Waals surface area contributed by atoms with Crippen molar-refractivity contribution in [1.29, 1.82) is 0 Å². The molecule has 4 rings (SSSR count). The minimum Gasteiger partial charge on any atom is -0.388 e. The van der Waals surface area contributed by atoms with E-state index < -0.39 is 0 Å². The maximum atomic E-state index is 3.26. The molecule has 0 spiro atoms. The van der Waals surface area contributed by atoms with Crippen LogP contribution in [0.5, 0.6) is 0 Å². The van der Waals surface area contributed by atoms with Gasteiger partial charge in [-0.1, -0.05) is 57.5 Å². The molecule has 0 radical (unpaired) electrons. The van der Waals surface area contributed by atoms with Crippen LogP contribution >= 0.6 is 0 Å². The smallest absolute Gasteiger partial charge is 0.0337 e. The fraction of sp³-hybridized carbons (Fsp3) is 0.500. The molecule has 1 heteroatoms. The molecule has 29 heavy (non-hydrogen) atoms. The van der Waals surface area contributed by atoms with Crippen LogP contribution in [0.25, 0.3) is 5.57 Å². The quantitative estimate of drug-likeness (QED) is 0.567. The van der Waals surface area contributed by atoms with Gasteiger partial charge in [0.25, 0.3) is 0 Å². The molecule has 0 amide bonds. The van der Waals surface area contributed by atoms with Crippen LogP contribution in [0.2, 0.25) is 0 Å². The molecule has 2 aliphatic rings. The normalized spacial score (nSPS) is 19.7. The van der Waals surface area contributed by atoms with Gasteiger partial charge in [-0.05, 0) is 102 Å². The maximum absolute atomic E-state index is 3.26. The number of hydrogen-bond donors (Lipinski definition) is 1. The molecule has 0 aliphatic heterocycles. The molecule has 2 aromatic carbocycles. The van der Waals surface area contributed by atoms with Crippen molar-refractivity contribution in [3.63, 3.8) is 0 Å². The number of nitrogens with one attached hydrogen (secondary N) is 1. The molecule has 2 aromatic rings. The first-order chi connectivity index (χ1) is 13.7. The van der Waals surface area contributed by atoms with E-state index in [2.05, 4.69) is 76.3 Å². The standard InChI is InChI=1S/C28H37N/c1-19-17-24-25(28(4,5)16-15-27(24,2)3)18-23(19)26(20-9-7-8-10-20)21-11-13-22(29-6)14-12-21/h11-14,17-18,29H,7-10,15-16H2,1-6H3. The van der Waals surface area contributed by atoms with Crippen molar-refractivity contribution in [3.8, 4) is 0 Å². The molecular formula is C28H37N. The Morgan fingerprint density at radius 2 is 1.38 bits per heavy atom. The third kappa shape index (κ3) is 3.65. The van der Waals surface area contributed by atoms with Crippen LogP contribution in [0.1, 0.15) is 94.0 Å². The van der Waals surface area contributed by atoms with Crippen LogP contribution in [0, 0.1) is 6.92 Å². The van der Waals surface area contributed by atoms with Crippen LogP contribution < -0.4 is 5.32 Å². The molecule has 0 heterocycles. The van der Waals surface area contributed by atoms with Gasteiger partial charge in [-0.3, -0.25) is 0 Å². The third-order valence-electron chi connectivity index (χ3n) is 7.49. The summed E-state index contributed by atoms with van der Waals surface area (Å²) in [5, 5.41) is 3.26. The minimum atomic E-state index is 0.245. The average molecular weight is 388 g/mol. The third-order valence-corrected chi connectivity index (χ3v) is 7.49. The number of hydrogen-bond acceptors (Lipinski definition) is 1. The van der Waals surface area contributed by atoms with E-state index in [4.69, 9.17) is 0 Å². The Bertz CT molecular complexity index is 933. The summed E-state index contributed by atoms with van der Waals surface area (Å²) in [6.45, 7) is 12.0. The first kappa shape index (κ1) is 20.3. The SMILES string of the molecule is CNc1ccc(C(=C2CCCC2)c2cc3c(cc2C)C(C)(C)CCC3(C)C)cc1. The van der Waals surface area contributed by atoms with Gasteiger partial charge in [0.2, 0.25) is 0 Å². The van der Waals surface area contributed by atoms with Gasteiger partial charge in [0.05, 0.1) is 0 Å². The average Bonchev–Trinajstić information content (AvgIpc) is 3.21. The summed E-state index contributed by atoms with van der Waals surface area (Å²) in [6.07, 6.45) is 7.68. The topological polar surface area (TPSA) is 12.0 Å². The van der Waals surface area contributed by atoms with E-state index in [-0.39, 0.29) is 10.8 Å². The predicted molar refractivity (Wildman–Crippen MR) is 127 cm³/mol. The molecule has 0 unspecified atom stereocenters. The monoisotopic (exact) mass is 387 g/mol. The molecule has 2 aliphatic carbocycles. The van der Waals surface area contributed by atoms with E-state index in [0.717, 1.165) is 0 Å². The van der Waals surface area contributed by atoms with E-state index in [1.165, 1.54) is 66.5 Å². The molecule has 0 aromatic heterocycles. The first-order valence-corrected chi connectivity index (χ1v) is 11.4. The first-order valence-electron chi connectivity index (χ1n) is 11.4. The second-order valence-corrected chi connectivity index (χ2v) is 10.5. The van der Waals surface area contributed by atoms with Gasteiger partial charge < -0.3 is 5.32 Å². The fourth-order valence-corrected chi connectivity index (χ4v) is 5.40. The van der Waals surface area contributed by atoms with Crippen molar-refractivity contribution in [2.45, 2.75) is 84.0 Å². The van der Waals surface area contributed by atoms with Crippen molar-refractivity contribution < 1.29 is 0 Å². The zero-order valence-corrected chi connectivity index (χ0v) is 19.2. The van der Waals surface area contributed by atoms with Gasteiger partial charge >= 0.3 is 0 Å². The van der Waals surface area contributed by atoms with Crippen LogP contribution in [0.15, 0.2) is 42.0 Å². The van der Waals surface area contributed by atoms with Gasteiger partial charge in [-0.25, -0.2) is 0 Å². The van der Waals surface area contributed by atoms with E-state index >= 15 is 0 Å². The molecule has 0 saturated heterocycles. The minimum absolute atomic E-state index is 0.245. The van der Waals surface area contributed by atoms with Gasteiger partial charge in [-0.2, -0.15) is 0 Å². The van der Waals surface area contributed by atoms with Crippen molar-refractivity contribution >= 4 is 11.3 Å². The Morgan fingerprint density at radius 3 is 1.93 bits per heavy atom. The molecule has 1 nitrogen and oxygen atoms in total. The summed E-state index contributed by atoms with van der Waals surface area (Å²) in [7, 11) is 1.99. The molecule has 1 saturated carbocycles. The number of anilines is 1. The van der Waals surface area contributed by atoms with Gasteiger partial charge in [0, 0.05) is 12.7 Å². The van der Waals surface area contributed by atoms with Crippen LogP contribution in [0.4, 0.5) is 5.69 Å². The summed E-state index contributed by atoms with van der Waals surface area (Å²) in [5.74, 6) is 0. The maximum Gasteiger partial charge on any atom is 0.0337 e. The lowest BCUT2D eigenvalue weighted by Gasteiger charge is -2.42. The van der Waals surface area contributed by atoms with Gasteiger partial charge in [0.1, 0.15) is 0 Å². The van der Waals surface area contributed by atoms with Crippen LogP contribution in [0.3, 0.4) is 0 Å². The largest absolute Gasteiger partial charge is 0.388 e. The summed E-state index contributed by atoms with van der Waals surface area (Å²) in [6, 6.07) is 14.1. The van der Waals surface area contributed by atoms with E-state index in [1.54, 1.807) is 16.7 Å². The zero-order chi connectivity index (χ0) is 20.8. The molecular weight excluding hydrogens is 350 g/mol. The van der Waals surface area contributed by atoms with Crippen molar-refractivity contribution in [2.75, 3.05) is 12.4 Å². The highest BCUT2D eigenvalue weighted by molar-refractivity contribution is 5.85. The Labute approximate surface area is 177 Å². The van der Waals surface area contributed by atoms with Gasteiger partial charge in [0.15, 0.2) is 0 Å². The Morgan fingerprint density at radius 1 is 0.828 bits per heavy atom. The summed E-state index contributed by atoms with van der Waals surface area (Å²) in [4.78, 5) is 0. The van der Waals surface area contributed by atoms with Gasteiger partial charge in [-0.15, -0.1) is 0 Å². The number of rotatable bonds is 3. The lowest BCUT2D eigenvalue weighted by atomic mass is 9.62. The van der Waals surface area contributed by atoms with Crippen molar-refractivity contribution in [1.82, 2.24) is 0 Å². The lowest BCUT2D eigenvalue weighted by molar-refractivity contribution is 0.331. The molecule has 0 bridgehead atoms. The number of aryl methyl sites for hydroxylation is 1. The summed E-state index contributed by atoms with van der Waals surface area (Å²) in [5.41, 5.74) is 12.2. The van der Waals surface area contributed by atoms with Crippen molar-refractivity contribution in [2.24, 2.45) is 0 Å². The highest BCUT2D eigenvalue weighted by Gasteiger charge is 2.37. The van der Waals surface area contributed by atoms with E-state index in [1.807, 2.05) is 7.05 Å². The second kappa shape index (κ2) is 7.35. The van der Waals surface area contributed by atoms with Crippen LogP contribution in [-0.4, -0.2) is 7.05 Å². The Kier molecular flexibility index (Phi) is 5.13. The zero-order valence-electron chi connectivity index (χ0n) is 19.2. The molecule has 154 valence electrons. The second-order valence-electron chi connectivity index (χ2n) is 10.5. The number of allylic oxidation sites excluding steroid dienone is 1. The number of benzene rings is 2. The predicted octanol–water partition coefficient (Wildman–Crippen LogP) is 7.76.